The van der Waals surface area contributed by atoms with E-state index in [0.717, 1.165) is 95.8 Å². The maximum Gasteiger partial charge on any atom is 0.472 e. The molecule has 0 saturated carbocycles. The number of hydrogen-bond acceptors (Lipinski definition) is 15. The molecule has 0 aromatic carbocycles. The molecule has 2 unspecified atom stereocenters. The van der Waals surface area contributed by atoms with E-state index in [2.05, 4.69) is 41.5 Å². The summed E-state index contributed by atoms with van der Waals surface area (Å²) < 4.78 is 68.3. The molecule has 0 radical (unpaired) electrons. The Kier molecular flexibility index (Phi) is 64.6. The van der Waals surface area contributed by atoms with Crippen molar-refractivity contribution >= 4 is 39.5 Å². The van der Waals surface area contributed by atoms with Crippen LogP contribution in [-0.2, 0) is 65.4 Å². The van der Waals surface area contributed by atoms with Crippen molar-refractivity contribution in [1.29, 1.82) is 0 Å². The lowest BCUT2D eigenvalue weighted by molar-refractivity contribution is -0.161. The molecular formula is C74H144O17P2. The second-order valence-electron chi connectivity index (χ2n) is 27.6. The van der Waals surface area contributed by atoms with Crippen LogP contribution in [0.25, 0.3) is 0 Å². The number of carbonyl (C=O) groups is 4. The number of aliphatic hydroxyl groups excluding tert-OH is 1. The van der Waals surface area contributed by atoms with Crippen LogP contribution in [0.2, 0.25) is 0 Å². The first kappa shape index (κ1) is 91.1. The number of esters is 4. The SMILES string of the molecule is CCCCCCCCCCCCCCCC(=O)OC[C@H](COP(=O)(O)OC[C@@H](O)COP(=O)(O)OC[C@@H](COC(=O)CCCCCCCCCCC)OC(=O)CCCCCCCCCC(C)C)OC(=O)CCCCCCCCCCCCCCCCCCCCC(C)C. The highest BCUT2D eigenvalue weighted by Crippen LogP contribution is 2.45. The minimum Gasteiger partial charge on any atom is -0.462 e. The maximum atomic E-state index is 13.1. The molecule has 0 aliphatic rings. The van der Waals surface area contributed by atoms with Gasteiger partial charge in [-0.25, -0.2) is 9.13 Å². The lowest BCUT2D eigenvalue weighted by atomic mass is 10.0. The van der Waals surface area contributed by atoms with E-state index in [1.165, 1.54) is 199 Å². The molecule has 17 nitrogen and oxygen atoms in total. The fourth-order valence-electron chi connectivity index (χ4n) is 11.3. The molecule has 552 valence electrons. The molecule has 0 aliphatic carbocycles. The fraction of sp³-hybridized carbons (Fsp3) is 0.946. The summed E-state index contributed by atoms with van der Waals surface area (Å²) >= 11 is 0. The zero-order valence-corrected chi connectivity index (χ0v) is 62.3. The third kappa shape index (κ3) is 68.4. The van der Waals surface area contributed by atoms with Crippen LogP contribution in [0.15, 0.2) is 0 Å². The number of rotatable bonds is 73. The van der Waals surface area contributed by atoms with Gasteiger partial charge in [0.25, 0.3) is 0 Å². The van der Waals surface area contributed by atoms with Crippen molar-refractivity contribution < 1.29 is 80.2 Å². The molecule has 19 heteroatoms. The van der Waals surface area contributed by atoms with Gasteiger partial charge >= 0.3 is 39.5 Å². The fourth-order valence-corrected chi connectivity index (χ4v) is 12.9. The second kappa shape index (κ2) is 66.0. The van der Waals surface area contributed by atoms with Gasteiger partial charge in [-0.15, -0.1) is 0 Å². The van der Waals surface area contributed by atoms with Crippen molar-refractivity contribution in [2.24, 2.45) is 11.8 Å². The number of phosphoric acid groups is 2. The van der Waals surface area contributed by atoms with Gasteiger partial charge in [0.15, 0.2) is 12.2 Å². The van der Waals surface area contributed by atoms with Crippen molar-refractivity contribution in [3.63, 3.8) is 0 Å². The van der Waals surface area contributed by atoms with Crippen LogP contribution in [0.5, 0.6) is 0 Å². The van der Waals surface area contributed by atoms with Crippen molar-refractivity contribution in [3.05, 3.63) is 0 Å². The van der Waals surface area contributed by atoms with Gasteiger partial charge in [0.1, 0.15) is 19.3 Å². The Labute approximate surface area is 568 Å². The molecule has 0 aromatic heterocycles. The van der Waals surface area contributed by atoms with Crippen LogP contribution in [0.1, 0.15) is 382 Å². The van der Waals surface area contributed by atoms with E-state index in [4.69, 9.17) is 37.0 Å². The number of carbonyl (C=O) groups excluding carboxylic acids is 4. The third-order valence-corrected chi connectivity index (χ3v) is 19.1. The highest BCUT2D eigenvalue weighted by atomic mass is 31.2. The highest BCUT2D eigenvalue weighted by molar-refractivity contribution is 7.47. The number of hydrogen-bond donors (Lipinski definition) is 3. The summed E-state index contributed by atoms with van der Waals surface area (Å²) in [5.41, 5.74) is 0. The van der Waals surface area contributed by atoms with Gasteiger partial charge < -0.3 is 33.8 Å². The third-order valence-electron chi connectivity index (χ3n) is 17.2. The number of aliphatic hydroxyl groups is 1. The van der Waals surface area contributed by atoms with Crippen LogP contribution in [0.4, 0.5) is 0 Å². The Balaban J connectivity index is 5.17. The average Bonchev–Trinajstić information content (AvgIpc) is 2.82. The standard InChI is InChI=1S/C74H144O17P2/c1-7-9-11-13-15-17-18-25-29-33-39-45-51-57-72(77)85-62-69(90-73(78)58-52-46-40-34-30-27-24-22-20-19-21-23-26-28-32-36-42-48-54-66(3)4)64-88-92(80,81)86-60-68(75)61-87-93(82,83)89-65-70(63-84-71(76)56-50-44-38-31-16-14-12-10-8-2)91-74(79)59-53-47-41-35-37-43-49-55-67(5)6/h66-70,75H,7-65H2,1-6H3,(H,80,81)(H,82,83)/t68-,69-,70-/m1/s1. The van der Waals surface area contributed by atoms with Crippen LogP contribution in [0.3, 0.4) is 0 Å². The van der Waals surface area contributed by atoms with Gasteiger partial charge in [-0.3, -0.25) is 37.3 Å². The van der Waals surface area contributed by atoms with E-state index >= 15 is 0 Å². The Morgan fingerprint density at radius 1 is 0.290 bits per heavy atom. The monoisotopic (exact) mass is 1370 g/mol. The quantitative estimate of drug-likeness (QED) is 0.0222. The van der Waals surface area contributed by atoms with Crippen molar-refractivity contribution in [2.45, 2.75) is 400 Å². The summed E-state index contributed by atoms with van der Waals surface area (Å²) in [7, 11) is -9.90. The van der Waals surface area contributed by atoms with E-state index in [0.29, 0.717) is 31.6 Å². The zero-order chi connectivity index (χ0) is 68.6. The Morgan fingerprint density at radius 2 is 0.495 bits per heavy atom. The predicted molar refractivity (Wildman–Crippen MR) is 377 cm³/mol. The molecule has 0 amide bonds. The number of unbranched alkanes of at least 4 members (excludes halogenated alkanes) is 43. The second-order valence-corrected chi connectivity index (χ2v) is 30.5. The molecule has 0 rings (SSSR count). The molecule has 0 heterocycles. The number of ether oxygens (including phenoxy) is 4. The lowest BCUT2D eigenvalue weighted by Gasteiger charge is -2.21. The van der Waals surface area contributed by atoms with Crippen LogP contribution >= 0.6 is 15.6 Å². The normalized spacial score (nSPS) is 14.1. The molecule has 0 fully saturated rings. The highest BCUT2D eigenvalue weighted by Gasteiger charge is 2.30. The molecule has 93 heavy (non-hydrogen) atoms. The molecule has 0 saturated heterocycles. The number of phosphoric ester groups is 2. The maximum absolute atomic E-state index is 13.1. The zero-order valence-electron chi connectivity index (χ0n) is 60.6. The van der Waals surface area contributed by atoms with Crippen LogP contribution in [-0.4, -0.2) is 96.7 Å². The summed E-state index contributed by atoms with van der Waals surface area (Å²) in [5.74, 6) is -0.605. The van der Waals surface area contributed by atoms with E-state index < -0.39 is 97.5 Å². The molecule has 0 aliphatic heterocycles. The summed E-state index contributed by atoms with van der Waals surface area (Å²) in [4.78, 5) is 72.6. The molecular weight excluding hydrogens is 1220 g/mol. The largest absolute Gasteiger partial charge is 0.472 e. The lowest BCUT2D eigenvalue weighted by Crippen LogP contribution is -2.30. The summed E-state index contributed by atoms with van der Waals surface area (Å²) in [5, 5.41) is 10.6. The van der Waals surface area contributed by atoms with Crippen molar-refractivity contribution in [1.82, 2.24) is 0 Å². The topological polar surface area (TPSA) is 237 Å². The molecule has 3 N–H and O–H groups in total. The van der Waals surface area contributed by atoms with Gasteiger partial charge in [-0.1, -0.05) is 330 Å². The first-order valence-electron chi connectivity index (χ1n) is 38.5. The first-order chi connectivity index (χ1) is 44.9. The van der Waals surface area contributed by atoms with Gasteiger partial charge in [-0.2, -0.15) is 0 Å². The Morgan fingerprint density at radius 3 is 0.731 bits per heavy atom. The van der Waals surface area contributed by atoms with Gasteiger partial charge in [0.05, 0.1) is 26.4 Å². The van der Waals surface area contributed by atoms with E-state index in [-0.39, 0.29) is 25.7 Å². The Bertz CT molecular complexity index is 1800. The minimum atomic E-state index is -4.95. The smallest absolute Gasteiger partial charge is 0.462 e. The van der Waals surface area contributed by atoms with E-state index in [1.807, 2.05) is 0 Å². The van der Waals surface area contributed by atoms with Crippen LogP contribution < -0.4 is 0 Å². The van der Waals surface area contributed by atoms with Crippen molar-refractivity contribution in [2.75, 3.05) is 39.6 Å². The molecule has 0 aromatic rings. The van der Waals surface area contributed by atoms with E-state index in [1.54, 1.807) is 0 Å². The molecule has 0 spiro atoms. The summed E-state index contributed by atoms with van der Waals surface area (Å²) in [6.07, 6.45) is 52.9. The molecule has 0 bridgehead atoms. The first-order valence-corrected chi connectivity index (χ1v) is 41.5. The molecule has 5 atom stereocenters. The van der Waals surface area contributed by atoms with Gasteiger partial charge in [0.2, 0.25) is 0 Å². The Hall–Kier alpha value is -1.94. The van der Waals surface area contributed by atoms with E-state index in [9.17, 15) is 43.2 Å². The summed E-state index contributed by atoms with van der Waals surface area (Å²) in [6, 6.07) is 0. The predicted octanol–water partition coefficient (Wildman–Crippen LogP) is 21.6. The van der Waals surface area contributed by atoms with Crippen LogP contribution in [0, 0.1) is 11.8 Å². The van der Waals surface area contributed by atoms with Crippen molar-refractivity contribution in [3.8, 4) is 0 Å². The minimum absolute atomic E-state index is 0.104. The average molecular weight is 1370 g/mol. The van der Waals surface area contributed by atoms with Gasteiger partial charge in [-0.05, 0) is 37.5 Å². The van der Waals surface area contributed by atoms with Gasteiger partial charge in [0, 0.05) is 25.7 Å². The summed E-state index contributed by atoms with van der Waals surface area (Å²) in [6.45, 7) is 9.53.